The molecule has 2 N–H and O–H groups in total. The van der Waals surface area contributed by atoms with E-state index in [1.165, 1.54) is 0 Å². The third-order valence-corrected chi connectivity index (χ3v) is 2.74. The average Bonchev–Trinajstić information content (AvgIpc) is 2.83. The topological polar surface area (TPSA) is 53.5 Å². The molecule has 0 spiro atoms. The number of hydrazone groups is 1. The molecule has 0 aliphatic heterocycles. The number of carbonyl (C=O) groups excluding carboxylic acids is 1. The highest BCUT2D eigenvalue weighted by atomic mass is 32.1. The van der Waals surface area contributed by atoms with Gasteiger partial charge in [-0.3, -0.25) is 0 Å². The monoisotopic (exact) mass is 245 g/mol. The van der Waals surface area contributed by atoms with Crippen LogP contribution in [-0.4, -0.2) is 12.2 Å². The molecule has 4 nitrogen and oxygen atoms in total. The number of anilines is 1. The maximum Gasteiger partial charge on any atom is 0.339 e. The second kappa shape index (κ2) is 5.81. The molecule has 1 aromatic carbocycles. The van der Waals surface area contributed by atoms with E-state index in [9.17, 15) is 4.79 Å². The van der Waals surface area contributed by atoms with E-state index in [-0.39, 0.29) is 6.03 Å². The highest BCUT2D eigenvalue weighted by molar-refractivity contribution is 7.11. The van der Waals surface area contributed by atoms with Crippen LogP contribution >= 0.6 is 11.3 Å². The highest BCUT2D eigenvalue weighted by Gasteiger charge is 1.97. The summed E-state index contributed by atoms with van der Waals surface area (Å²) in [7, 11) is 0. The fourth-order valence-electron chi connectivity index (χ4n) is 1.20. The van der Waals surface area contributed by atoms with Crippen molar-refractivity contribution in [3.05, 3.63) is 52.7 Å². The Balaban J connectivity index is 1.82. The maximum absolute atomic E-state index is 11.4. The van der Waals surface area contributed by atoms with Crippen LogP contribution in [-0.2, 0) is 0 Å². The fraction of sp³-hybridized carbons (Fsp3) is 0. The number of amides is 2. The number of hydrogen-bond donors (Lipinski definition) is 2. The lowest BCUT2D eigenvalue weighted by molar-refractivity contribution is 0.252. The highest BCUT2D eigenvalue weighted by Crippen LogP contribution is 2.05. The molecule has 17 heavy (non-hydrogen) atoms. The van der Waals surface area contributed by atoms with Gasteiger partial charge in [-0.1, -0.05) is 24.3 Å². The van der Waals surface area contributed by atoms with Crippen LogP contribution in [0.15, 0.2) is 52.9 Å². The number of thiophene rings is 1. The molecule has 2 aromatic rings. The SMILES string of the molecule is O=C(NN=Cc1cccs1)Nc1ccccc1. The Morgan fingerprint density at radius 2 is 2.00 bits per heavy atom. The van der Waals surface area contributed by atoms with Gasteiger partial charge < -0.3 is 5.32 Å². The zero-order valence-electron chi connectivity index (χ0n) is 8.96. The summed E-state index contributed by atoms with van der Waals surface area (Å²) >= 11 is 1.56. The summed E-state index contributed by atoms with van der Waals surface area (Å²) in [4.78, 5) is 12.4. The number of nitrogens with zero attached hydrogens (tertiary/aromatic N) is 1. The molecular formula is C12H11N3OS. The van der Waals surface area contributed by atoms with Gasteiger partial charge in [0.25, 0.3) is 0 Å². The van der Waals surface area contributed by atoms with Gasteiger partial charge in [0, 0.05) is 10.6 Å². The molecule has 0 bridgehead atoms. The summed E-state index contributed by atoms with van der Waals surface area (Å²) in [6.07, 6.45) is 1.61. The largest absolute Gasteiger partial charge is 0.339 e. The van der Waals surface area contributed by atoms with Crippen molar-refractivity contribution in [2.45, 2.75) is 0 Å². The van der Waals surface area contributed by atoms with Crippen molar-refractivity contribution in [1.82, 2.24) is 5.43 Å². The van der Waals surface area contributed by atoms with Crippen LogP contribution in [0.25, 0.3) is 0 Å². The molecule has 1 aromatic heterocycles. The zero-order chi connectivity index (χ0) is 11.9. The minimum absolute atomic E-state index is 0.357. The van der Waals surface area contributed by atoms with Gasteiger partial charge in [0.05, 0.1) is 6.21 Å². The average molecular weight is 245 g/mol. The lowest BCUT2D eigenvalue weighted by Crippen LogP contribution is -2.24. The van der Waals surface area contributed by atoms with Crippen LogP contribution < -0.4 is 10.7 Å². The van der Waals surface area contributed by atoms with E-state index in [4.69, 9.17) is 0 Å². The molecule has 0 saturated heterocycles. The van der Waals surface area contributed by atoms with Crippen molar-refractivity contribution in [3.63, 3.8) is 0 Å². The van der Waals surface area contributed by atoms with E-state index in [1.54, 1.807) is 17.6 Å². The quantitative estimate of drug-likeness (QED) is 0.634. The second-order valence-electron chi connectivity index (χ2n) is 3.21. The van der Waals surface area contributed by atoms with E-state index in [1.807, 2.05) is 47.8 Å². The first kappa shape index (κ1) is 11.3. The lowest BCUT2D eigenvalue weighted by Gasteiger charge is -2.02. The number of urea groups is 1. The van der Waals surface area contributed by atoms with E-state index in [0.29, 0.717) is 0 Å². The smallest absolute Gasteiger partial charge is 0.307 e. The Morgan fingerprint density at radius 1 is 1.18 bits per heavy atom. The van der Waals surface area contributed by atoms with Crippen LogP contribution in [0.4, 0.5) is 10.5 Å². The Labute approximate surface area is 103 Å². The summed E-state index contributed by atoms with van der Waals surface area (Å²) in [6.45, 7) is 0. The van der Waals surface area contributed by atoms with Gasteiger partial charge >= 0.3 is 6.03 Å². The second-order valence-corrected chi connectivity index (χ2v) is 4.18. The molecule has 2 rings (SSSR count). The molecule has 0 radical (unpaired) electrons. The molecule has 0 fully saturated rings. The number of carbonyl (C=O) groups is 1. The summed E-state index contributed by atoms with van der Waals surface area (Å²) in [6, 6.07) is 12.7. The predicted molar refractivity (Wildman–Crippen MR) is 70.5 cm³/mol. The molecule has 5 heteroatoms. The molecule has 0 aliphatic rings. The van der Waals surface area contributed by atoms with Gasteiger partial charge in [-0.25, -0.2) is 10.2 Å². The molecule has 1 heterocycles. The van der Waals surface area contributed by atoms with Gasteiger partial charge in [-0.15, -0.1) is 11.3 Å². The molecule has 0 unspecified atom stereocenters. The standard InChI is InChI=1S/C12H11N3OS/c16-12(14-10-5-2-1-3-6-10)15-13-9-11-7-4-8-17-11/h1-9H,(H2,14,15,16). The summed E-state index contributed by atoms with van der Waals surface area (Å²) in [5, 5.41) is 8.44. The zero-order valence-corrected chi connectivity index (χ0v) is 9.78. The maximum atomic E-state index is 11.4. The Morgan fingerprint density at radius 3 is 2.71 bits per heavy atom. The summed E-state index contributed by atoms with van der Waals surface area (Å²) in [5.74, 6) is 0. The number of hydrogen-bond acceptors (Lipinski definition) is 3. The Bertz CT molecular complexity index is 494. The predicted octanol–water partition coefficient (Wildman–Crippen LogP) is 2.90. The summed E-state index contributed by atoms with van der Waals surface area (Å²) in [5.41, 5.74) is 3.13. The first-order valence-electron chi connectivity index (χ1n) is 5.03. The minimum Gasteiger partial charge on any atom is -0.307 e. The van der Waals surface area contributed by atoms with Gasteiger partial charge in [-0.05, 0) is 23.6 Å². The van der Waals surface area contributed by atoms with Gasteiger partial charge in [0.2, 0.25) is 0 Å². The first-order valence-corrected chi connectivity index (χ1v) is 5.91. The van der Waals surface area contributed by atoms with Crippen LogP contribution in [0.5, 0.6) is 0 Å². The molecule has 86 valence electrons. The van der Waals surface area contributed by atoms with E-state index < -0.39 is 0 Å². The van der Waals surface area contributed by atoms with E-state index >= 15 is 0 Å². The molecule has 0 saturated carbocycles. The van der Waals surface area contributed by atoms with Crippen LogP contribution in [0.3, 0.4) is 0 Å². The first-order chi connectivity index (χ1) is 8.34. The number of benzene rings is 1. The van der Waals surface area contributed by atoms with Crippen molar-refractivity contribution in [2.75, 3.05) is 5.32 Å². The fourth-order valence-corrected chi connectivity index (χ4v) is 1.78. The molecule has 2 amide bonds. The van der Waals surface area contributed by atoms with E-state index in [2.05, 4.69) is 15.8 Å². The Kier molecular flexibility index (Phi) is 3.88. The normalized spacial score (nSPS) is 10.4. The third-order valence-electron chi connectivity index (χ3n) is 1.93. The number of para-hydroxylation sites is 1. The molecule has 0 aliphatic carbocycles. The third kappa shape index (κ3) is 3.73. The summed E-state index contributed by atoms with van der Waals surface area (Å²) < 4.78 is 0. The van der Waals surface area contributed by atoms with Crippen LogP contribution in [0.2, 0.25) is 0 Å². The minimum atomic E-state index is -0.357. The van der Waals surface area contributed by atoms with Crippen molar-refractivity contribution in [2.24, 2.45) is 5.10 Å². The lowest BCUT2D eigenvalue weighted by atomic mass is 10.3. The van der Waals surface area contributed by atoms with Gasteiger partial charge in [0.1, 0.15) is 0 Å². The van der Waals surface area contributed by atoms with E-state index in [0.717, 1.165) is 10.6 Å². The van der Waals surface area contributed by atoms with Crippen molar-refractivity contribution < 1.29 is 4.79 Å². The van der Waals surface area contributed by atoms with Crippen molar-refractivity contribution >= 4 is 29.3 Å². The van der Waals surface area contributed by atoms with Gasteiger partial charge in [0.15, 0.2) is 0 Å². The van der Waals surface area contributed by atoms with Crippen molar-refractivity contribution in [1.29, 1.82) is 0 Å². The van der Waals surface area contributed by atoms with Crippen molar-refractivity contribution in [3.8, 4) is 0 Å². The van der Waals surface area contributed by atoms with Crippen LogP contribution in [0, 0.1) is 0 Å². The number of rotatable bonds is 3. The molecule has 0 atom stereocenters. The van der Waals surface area contributed by atoms with Crippen LogP contribution in [0.1, 0.15) is 4.88 Å². The Hall–Kier alpha value is -2.14. The van der Waals surface area contributed by atoms with Gasteiger partial charge in [-0.2, -0.15) is 5.10 Å². The molecular weight excluding hydrogens is 234 g/mol. The number of nitrogens with one attached hydrogen (secondary N) is 2.